The molecule has 0 spiro atoms. The van der Waals surface area contributed by atoms with Crippen LogP contribution in [0.1, 0.15) is 18.1 Å². The van der Waals surface area contributed by atoms with Gasteiger partial charge in [0, 0.05) is 26.3 Å². The highest BCUT2D eigenvalue weighted by Crippen LogP contribution is 2.25. The molecule has 0 aromatic heterocycles. The number of aryl methyl sites for hydroxylation is 1. The normalized spacial score (nSPS) is 10.8. The summed E-state index contributed by atoms with van der Waals surface area (Å²) in [6, 6.07) is 11.4. The van der Waals surface area contributed by atoms with Crippen molar-refractivity contribution in [2.24, 2.45) is 0 Å². The molecule has 0 fully saturated rings. The molecule has 0 saturated heterocycles. The number of carbonyl (C=O) groups is 1. The molecule has 2 aromatic carbocycles. The third kappa shape index (κ3) is 5.22. The number of carbonyl (C=O) groups excluding carboxylic acids is 1. The van der Waals surface area contributed by atoms with E-state index in [1.807, 2.05) is 50.2 Å². The predicted octanol–water partition coefficient (Wildman–Crippen LogP) is 5.57. The van der Waals surface area contributed by atoms with Crippen molar-refractivity contribution in [2.75, 3.05) is 11.9 Å². The van der Waals surface area contributed by atoms with Gasteiger partial charge in [-0.2, -0.15) is 0 Å². The number of halogens is 2. The first-order chi connectivity index (χ1) is 11.0. The van der Waals surface area contributed by atoms with E-state index in [1.54, 1.807) is 6.08 Å². The van der Waals surface area contributed by atoms with E-state index in [0.717, 1.165) is 31.5 Å². The Hall–Kier alpha value is -1.59. The summed E-state index contributed by atoms with van der Waals surface area (Å²) in [6.45, 7) is 4.46. The van der Waals surface area contributed by atoms with Gasteiger partial charge in [-0.3, -0.25) is 4.79 Å². The van der Waals surface area contributed by atoms with Crippen LogP contribution in [0.3, 0.4) is 0 Å². The molecule has 0 bridgehead atoms. The standard InChI is InChI=1S/C18H17Br2NO2/c1-3-23-17-8-6-15(20)11-13(17)4-9-18(22)21-16-7-5-14(19)10-12(16)2/h4-11H,3H2,1-2H3,(H,21,22)/b9-4+. The molecule has 1 amide bonds. The minimum Gasteiger partial charge on any atom is -0.493 e. The van der Waals surface area contributed by atoms with E-state index in [-0.39, 0.29) is 5.91 Å². The van der Waals surface area contributed by atoms with E-state index in [0.29, 0.717) is 6.61 Å². The van der Waals surface area contributed by atoms with Crippen molar-refractivity contribution >= 4 is 49.5 Å². The Balaban J connectivity index is 2.13. The summed E-state index contributed by atoms with van der Waals surface area (Å²) in [5, 5.41) is 2.87. The number of nitrogens with one attached hydrogen (secondary N) is 1. The van der Waals surface area contributed by atoms with E-state index in [9.17, 15) is 4.79 Å². The number of hydrogen-bond donors (Lipinski definition) is 1. The van der Waals surface area contributed by atoms with Crippen LogP contribution >= 0.6 is 31.9 Å². The average Bonchev–Trinajstić information content (AvgIpc) is 2.50. The molecule has 0 radical (unpaired) electrons. The van der Waals surface area contributed by atoms with Crippen LogP contribution in [0.2, 0.25) is 0 Å². The largest absolute Gasteiger partial charge is 0.493 e. The number of anilines is 1. The smallest absolute Gasteiger partial charge is 0.248 e. The SMILES string of the molecule is CCOc1ccc(Br)cc1/C=C/C(=O)Nc1ccc(Br)cc1C. The van der Waals surface area contributed by atoms with Crippen molar-refractivity contribution in [1.29, 1.82) is 0 Å². The molecule has 1 N–H and O–H groups in total. The molecule has 2 aromatic rings. The van der Waals surface area contributed by atoms with Gasteiger partial charge in [-0.1, -0.05) is 31.9 Å². The third-order valence-corrected chi connectivity index (χ3v) is 4.12. The zero-order valence-corrected chi connectivity index (χ0v) is 16.1. The zero-order valence-electron chi connectivity index (χ0n) is 12.9. The van der Waals surface area contributed by atoms with Crippen LogP contribution < -0.4 is 10.1 Å². The van der Waals surface area contributed by atoms with E-state index in [1.165, 1.54) is 6.08 Å². The van der Waals surface area contributed by atoms with E-state index < -0.39 is 0 Å². The first-order valence-corrected chi connectivity index (χ1v) is 8.75. The van der Waals surface area contributed by atoms with Gasteiger partial charge >= 0.3 is 0 Å². The highest BCUT2D eigenvalue weighted by atomic mass is 79.9. The molecule has 0 atom stereocenters. The summed E-state index contributed by atoms with van der Waals surface area (Å²) < 4.78 is 7.49. The highest BCUT2D eigenvalue weighted by molar-refractivity contribution is 9.10. The molecular weight excluding hydrogens is 422 g/mol. The number of rotatable bonds is 5. The first-order valence-electron chi connectivity index (χ1n) is 7.17. The first kappa shape index (κ1) is 17.8. The summed E-state index contributed by atoms with van der Waals surface area (Å²) in [5.41, 5.74) is 2.64. The molecule has 3 nitrogen and oxygen atoms in total. The molecule has 0 saturated carbocycles. The van der Waals surface area contributed by atoms with E-state index in [4.69, 9.17) is 4.74 Å². The third-order valence-electron chi connectivity index (χ3n) is 3.13. The fraction of sp³-hybridized carbons (Fsp3) is 0.167. The summed E-state index contributed by atoms with van der Waals surface area (Å²) in [7, 11) is 0. The van der Waals surface area contributed by atoms with Crippen LogP contribution in [0.5, 0.6) is 5.75 Å². The maximum absolute atomic E-state index is 12.1. The maximum atomic E-state index is 12.1. The van der Waals surface area contributed by atoms with Crippen LogP contribution in [-0.4, -0.2) is 12.5 Å². The fourth-order valence-electron chi connectivity index (χ4n) is 2.04. The van der Waals surface area contributed by atoms with Gasteiger partial charge in [0.25, 0.3) is 0 Å². The van der Waals surface area contributed by atoms with Crippen LogP contribution in [0.25, 0.3) is 6.08 Å². The number of benzene rings is 2. The van der Waals surface area contributed by atoms with Gasteiger partial charge in [-0.15, -0.1) is 0 Å². The molecular formula is C18H17Br2NO2. The average molecular weight is 439 g/mol. The van der Waals surface area contributed by atoms with Crippen LogP contribution in [0.4, 0.5) is 5.69 Å². The molecule has 0 aliphatic rings. The second-order valence-corrected chi connectivity index (χ2v) is 6.73. The molecule has 0 aliphatic carbocycles. The summed E-state index contributed by atoms with van der Waals surface area (Å²) in [5.74, 6) is 0.567. The van der Waals surface area contributed by atoms with Crippen molar-refractivity contribution in [1.82, 2.24) is 0 Å². The lowest BCUT2D eigenvalue weighted by atomic mass is 10.1. The molecule has 5 heteroatoms. The fourth-order valence-corrected chi connectivity index (χ4v) is 2.90. The van der Waals surface area contributed by atoms with Crippen molar-refractivity contribution in [2.45, 2.75) is 13.8 Å². The van der Waals surface area contributed by atoms with E-state index in [2.05, 4.69) is 37.2 Å². The van der Waals surface area contributed by atoms with Gasteiger partial charge in [0.05, 0.1) is 6.61 Å². The number of ether oxygens (including phenoxy) is 1. The maximum Gasteiger partial charge on any atom is 0.248 e. The van der Waals surface area contributed by atoms with Crippen LogP contribution in [0.15, 0.2) is 51.4 Å². The van der Waals surface area contributed by atoms with Gasteiger partial charge in [-0.25, -0.2) is 0 Å². The molecule has 0 aliphatic heterocycles. The lowest BCUT2D eigenvalue weighted by Gasteiger charge is -2.08. The molecule has 120 valence electrons. The van der Waals surface area contributed by atoms with Gasteiger partial charge < -0.3 is 10.1 Å². The molecule has 0 unspecified atom stereocenters. The number of amides is 1. The van der Waals surface area contributed by atoms with Gasteiger partial charge in [-0.05, 0) is 61.9 Å². The highest BCUT2D eigenvalue weighted by Gasteiger charge is 2.04. The Labute approximate surface area is 153 Å². The minimum atomic E-state index is -0.183. The van der Waals surface area contributed by atoms with Crippen molar-refractivity contribution in [3.63, 3.8) is 0 Å². The molecule has 2 rings (SSSR count). The Morgan fingerprint density at radius 1 is 1.17 bits per heavy atom. The van der Waals surface area contributed by atoms with Gasteiger partial charge in [0.2, 0.25) is 5.91 Å². The van der Waals surface area contributed by atoms with E-state index >= 15 is 0 Å². The Morgan fingerprint density at radius 2 is 1.87 bits per heavy atom. The summed E-state index contributed by atoms with van der Waals surface area (Å²) in [6.07, 6.45) is 3.26. The number of hydrogen-bond acceptors (Lipinski definition) is 2. The Kier molecular flexibility index (Phi) is 6.42. The van der Waals surface area contributed by atoms with Gasteiger partial charge in [0.1, 0.15) is 5.75 Å². The second kappa shape index (κ2) is 8.31. The van der Waals surface area contributed by atoms with Crippen molar-refractivity contribution in [3.05, 3.63) is 62.5 Å². The van der Waals surface area contributed by atoms with Gasteiger partial charge in [0.15, 0.2) is 0 Å². The topological polar surface area (TPSA) is 38.3 Å². The predicted molar refractivity (Wildman–Crippen MR) is 102 cm³/mol. The minimum absolute atomic E-state index is 0.183. The van der Waals surface area contributed by atoms with Crippen LogP contribution in [0, 0.1) is 6.92 Å². The zero-order chi connectivity index (χ0) is 16.8. The van der Waals surface area contributed by atoms with Crippen molar-refractivity contribution in [3.8, 4) is 5.75 Å². The van der Waals surface area contributed by atoms with Crippen LogP contribution in [-0.2, 0) is 4.79 Å². The summed E-state index contributed by atoms with van der Waals surface area (Å²) in [4.78, 5) is 12.1. The Bertz CT molecular complexity index is 742. The Morgan fingerprint density at radius 3 is 2.57 bits per heavy atom. The molecule has 0 heterocycles. The second-order valence-electron chi connectivity index (χ2n) is 4.90. The van der Waals surface area contributed by atoms with Crippen molar-refractivity contribution < 1.29 is 9.53 Å². The monoisotopic (exact) mass is 437 g/mol. The molecule has 23 heavy (non-hydrogen) atoms. The lowest BCUT2D eigenvalue weighted by molar-refractivity contribution is -0.111. The summed E-state index contributed by atoms with van der Waals surface area (Å²) >= 11 is 6.84. The quantitative estimate of drug-likeness (QED) is 0.619. The lowest BCUT2D eigenvalue weighted by Crippen LogP contribution is -2.08.